The number of nitriles is 1. The van der Waals surface area contributed by atoms with E-state index in [4.69, 9.17) is 9.68 Å². The largest absolute Gasteiger partial charge is 0.444 e. The van der Waals surface area contributed by atoms with E-state index < -0.39 is 0 Å². The molecule has 0 aliphatic rings. The van der Waals surface area contributed by atoms with Gasteiger partial charge in [0.2, 0.25) is 5.89 Å². The van der Waals surface area contributed by atoms with Crippen LogP contribution in [0.5, 0.6) is 0 Å². The SMILES string of the molecule is CCc1cnc(CNc2ccc(C#N)c3ccccc23)o1. The van der Waals surface area contributed by atoms with Crippen LogP contribution in [-0.4, -0.2) is 4.98 Å². The van der Waals surface area contributed by atoms with Crippen molar-refractivity contribution < 1.29 is 4.42 Å². The molecule has 3 aromatic rings. The number of aromatic nitrogens is 1. The van der Waals surface area contributed by atoms with Crippen LogP contribution in [0.2, 0.25) is 0 Å². The van der Waals surface area contributed by atoms with Gasteiger partial charge in [0.1, 0.15) is 5.76 Å². The van der Waals surface area contributed by atoms with Crippen LogP contribution in [0.25, 0.3) is 10.8 Å². The second-order valence-corrected chi connectivity index (χ2v) is 4.75. The summed E-state index contributed by atoms with van der Waals surface area (Å²) in [5.74, 6) is 1.55. The number of nitrogens with one attached hydrogen (secondary N) is 1. The summed E-state index contributed by atoms with van der Waals surface area (Å²) >= 11 is 0. The summed E-state index contributed by atoms with van der Waals surface area (Å²) in [7, 11) is 0. The first-order valence-electron chi connectivity index (χ1n) is 6.91. The predicted octanol–water partition coefficient (Wildman–Crippen LogP) is 3.87. The maximum absolute atomic E-state index is 9.17. The van der Waals surface area contributed by atoms with Gasteiger partial charge < -0.3 is 9.73 Å². The van der Waals surface area contributed by atoms with Gasteiger partial charge in [-0.15, -0.1) is 0 Å². The minimum atomic E-state index is 0.524. The van der Waals surface area contributed by atoms with Crippen molar-refractivity contribution in [2.75, 3.05) is 5.32 Å². The van der Waals surface area contributed by atoms with E-state index >= 15 is 0 Å². The highest BCUT2D eigenvalue weighted by molar-refractivity contribution is 5.97. The molecule has 0 aliphatic heterocycles. The summed E-state index contributed by atoms with van der Waals surface area (Å²) in [4.78, 5) is 4.23. The van der Waals surface area contributed by atoms with Gasteiger partial charge >= 0.3 is 0 Å². The number of nitrogens with zero attached hydrogens (tertiary/aromatic N) is 2. The van der Waals surface area contributed by atoms with Crippen LogP contribution in [0.15, 0.2) is 47.0 Å². The van der Waals surface area contributed by atoms with Crippen LogP contribution in [-0.2, 0) is 13.0 Å². The molecule has 21 heavy (non-hydrogen) atoms. The number of anilines is 1. The average Bonchev–Trinajstić information content (AvgIpc) is 3.00. The van der Waals surface area contributed by atoms with Gasteiger partial charge in [0.25, 0.3) is 0 Å². The van der Waals surface area contributed by atoms with E-state index in [1.54, 1.807) is 6.20 Å². The van der Waals surface area contributed by atoms with Crippen molar-refractivity contribution >= 4 is 16.5 Å². The first-order valence-corrected chi connectivity index (χ1v) is 6.91. The normalized spacial score (nSPS) is 10.5. The summed E-state index contributed by atoms with van der Waals surface area (Å²) < 4.78 is 5.59. The Morgan fingerprint density at radius 2 is 2.00 bits per heavy atom. The molecule has 0 radical (unpaired) electrons. The Hall–Kier alpha value is -2.80. The molecule has 4 nitrogen and oxygen atoms in total. The smallest absolute Gasteiger partial charge is 0.213 e. The van der Waals surface area contributed by atoms with Gasteiger partial charge in [0.15, 0.2) is 0 Å². The van der Waals surface area contributed by atoms with E-state index in [0.29, 0.717) is 18.0 Å². The summed E-state index contributed by atoms with van der Waals surface area (Å²) in [5, 5.41) is 14.5. The van der Waals surface area contributed by atoms with Crippen molar-refractivity contribution in [1.82, 2.24) is 4.98 Å². The molecule has 0 saturated carbocycles. The molecule has 1 N–H and O–H groups in total. The Labute approximate surface area is 123 Å². The van der Waals surface area contributed by atoms with Gasteiger partial charge in [-0.1, -0.05) is 31.2 Å². The van der Waals surface area contributed by atoms with Crippen molar-refractivity contribution in [3.05, 3.63) is 59.8 Å². The third kappa shape index (κ3) is 2.59. The average molecular weight is 277 g/mol. The number of fused-ring (bicyclic) bond motifs is 1. The number of oxazole rings is 1. The van der Waals surface area contributed by atoms with Crippen molar-refractivity contribution in [3.8, 4) is 6.07 Å². The van der Waals surface area contributed by atoms with Gasteiger partial charge in [-0.2, -0.15) is 5.26 Å². The highest BCUT2D eigenvalue weighted by Crippen LogP contribution is 2.26. The number of hydrogen-bond acceptors (Lipinski definition) is 4. The van der Waals surface area contributed by atoms with Crippen molar-refractivity contribution in [2.24, 2.45) is 0 Å². The molecule has 0 spiro atoms. The maximum Gasteiger partial charge on any atom is 0.213 e. The minimum absolute atomic E-state index is 0.524. The van der Waals surface area contributed by atoms with Crippen LogP contribution >= 0.6 is 0 Å². The zero-order chi connectivity index (χ0) is 14.7. The van der Waals surface area contributed by atoms with E-state index in [2.05, 4.69) is 16.4 Å². The summed E-state index contributed by atoms with van der Waals surface area (Å²) in [5.41, 5.74) is 1.65. The minimum Gasteiger partial charge on any atom is -0.444 e. The van der Waals surface area contributed by atoms with Crippen LogP contribution < -0.4 is 5.32 Å². The van der Waals surface area contributed by atoms with E-state index in [9.17, 15) is 0 Å². The molecule has 0 saturated heterocycles. The monoisotopic (exact) mass is 277 g/mol. The molecule has 4 heteroatoms. The Morgan fingerprint density at radius 3 is 2.71 bits per heavy atom. The lowest BCUT2D eigenvalue weighted by molar-refractivity contribution is 0.466. The second-order valence-electron chi connectivity index (χ2n) is 4.75. The van der Waals surface area contributed by atoms with Crippen molar-refractivity contribution in [2.45, 2.75) is 19.9 Å². The molecule has 0 unspecified atom stereocenters. The number of rotatable bonds is 4. The van der Waals surface area contributed by atoms with Gasteiger partial charge in [-0.05, 0) is 12.1 Å². The third-order valence-electron chi connectivity index (χ3n) is 3.42. The summed E-state index contributed by atoms with van der Waals surface area (Å²) in [6, 6.07) is 13.8. The number of aryl methyl sites for hydroxylation is 1. The molecule has 104 valence electrons. The molecular weight excluding hydrogens is 262 g/mol. The Bertz CT molecular complexity index is 814. The third-order valence-corrected chi connectivity index (χ3v) is 3.42. The van der Waals surface area contributed by atoms with Gasteiger partial charge in [-0.25, -0.2) is 4.98 Å². The zero-order valence-electron chi connectivity index (χ0n) is 11.8. The van der Waals surface area contributed by atoms with E-state index in [1.807, 2.05) is 43.3 Å². The fourth-order valence-corrected chi connectivity index (χ4v) is 2.31. The molecule has 0 bridgehead atoms. The molecular formula is C17H15N3O. The lowest BCUT2D eigenvalue weighted by Gasteiger charge is -2.09. The quantitative estimate of drug-likeness (QED) is 0.786. The van der Waals surface area contributed by atoms with E-state index in [0.717, 1.165) is 28.6 Å². The highest BCUT2D eigenvalue weighted by Gasteiger charge is 2.07. The molecule has 0 atom stereocenters. The molecule has 0 aliphatic carbocycles. The standard InChI is InChI=1S/C17H15N3O/c1-2-13-10-20-17(21-13)11-19-16-8-7-12(9-18)14-5-3-4-6-15(14)16/h3-8,10,19H,2,11H2,1H3. The van der Waals surface area contributed by atoms with Crippen LogP contribution in [0.1, 0.15) is 24.1 Å². The van der Waals surface area contributed by atoms with Crippen LogP contribution in [0.4, 0.5) is 5.69 Å². The van der Waals surface area contributed by atoms with Gasteiger partial charge in [-0.3, -0.25) is 0 Å². The summed E-state index contributed by atoms with van der Waals surface area (Å²) in [6.45, 7) is 2.56. The molecule has 3 rings (SSSR count). The lowest BCUT2D eigenvalue weighted by atomic mass is 10.0. The van der Waals surface area contributed by atoms with Crippen molar-refractivity contribution in [3.63, 3.8) is 0 Å². The van der Waals surface area contributed by atoms with Gasteiger partial charge in [0.05, 0.1) is 24.4 Å². The predicted molar refractivity (Wildman–Crippen MR) is 81.9 cm³/mol. The first kappa shape index (κ1) is 13.2. The van der Waals surface area contributed by atoms with E-state index in [-0.39, 0.29) is 0 Å². The fourth-order valence-electron chi connectivity index (χ4n) is 2.31. The Balaban J connectivity index is 1.89. The number of hydrogen-bond donors (Lipinski definition) is 1. The maximum atomic E-state index is 9.17. The van der Waals surface area contributed by atoms with E-state index in [1.165, 1.54) is 0 Å². The molecule has 1 aromatic heterocycles. The summed E-state index contributed by atoms with van der Waals surface area (Å²) in [6.07, 6.45) is 2.60. The number of benzene rings is 2. The Morgan fingerprint density at radius 1 is 1.19 bits per heavy atom. The highest BCUT2D eigenvalue weighted by atomic mass is 16.4. The second kappa shape index (κ2) is 5.68. The Kier molecular flexibility index (Phi) is 3.57. The fraction of sp³-hybridized carbons (Fsp3) is 0.176. The van der Waals surface area contributed by atoms with Gasteiger partial charge in [0, 0.05) is 22.9 Å². The lowest BCUT2D eigenvalue weighted by Crippen LogP contribution is -2.00. The van der Waals surface area contributed by atoms with Crippen LogP contribution in [0.3, 0.4) is 0 Å². The van der Waals surface area contributed by atoms with Crippen LogP contribution in [0, 0.1) is 11.3 Å². The molecule has 2 aromatic carbocycles. The molecule has 1 heterocycles. The molecule has 0 amide bonds. The molecule has 0 fully saturated rings. The first-order chi connectivity index (χ1) is 10.3. The zero-order valence-corrected chi connectivity index (χ0v) is 11.8. The van der Waals surface area contributed by atoms with Crippen molar-refractivity contribution in [1.29, 1.82) is 5.26 Å². The topological polar surface area (TPSA) is 61.9 Å².